The van der Waals surface area contributed by atoms with Crippen molar-refractivity contribution in [1.82, 2.24) is 15.2 Å². The lowest BCUT2D eigenvalue weighted by atomic mass is 9.94. The topological polar surface area (TPSA) is 80.8 Å². The molecule has 3 rings (SSSR count). The number of nitrogens with zero attached hydrogens (tertiary/aromatic N) is 2. The van der Waals surface area contributed by atoms with Crippen molar-refractivity contribution in [1.29, 1.82) is 0 Å². The van der Waals surface area contributed by atoms with Gasteiger partial charge in [0.2, 0.25) is 5.91 Å². The van der Waals surface area contributed by atoms with Crippen LogP contribution in [0.25, 0.3) is 0 Å². The van der Waals surface area contributed by atoms with Crippen molar-refractivity contribution >= 4 is 23.3 Å². The van der Waals surface area contributed by atoms with Crippen molar-refractivity contribution in [2.45, 2.75) is 64.1 Å². The second-order valence-corrected chi connectivity index (χ2v) is 9.41. The number of methoxy groups -OCH3 is 1. The van der Waals surface area contributed by atoms with E-state index >= 15 is 0 Å². The van der Waals surface area contributed by atoms with E-state index in [0.717, 1.165) is 36.3 Å². The molecule has 1 aromatic heterocycles. The van der Waals surface area contributed by atoms with Gasteiger partial charge in [-0.15, -0.1) is 11.3 Å². The van der Waals surface area contributed by atoms with Crippen LogP contribution in [0.2, 0.25) is 0 Å². The molecule has 7 nitrogen and oxygen atoms in total. The molecule has 0 radical (unpaired) electrons. The molecule has 0 bridgehead atoms. The lowest BCUT2D eigenvalue weighted by Crippen LogP contribution is -2.50. The van der Waals surface area contributed by atoms with Gasteiger partial charge in [-0.3, -0.25) is 4.79 Å². The zero-order chi connectivity index (χ0) is 23.6. The van der Waals surface area contributed by atoms with E-state index in [0.29, 0.717) is 19.6 Å². The highest BCUT2D eigenvalue weighted by Crippen LogP contribution is 2.28. The van der Waals surface area contributed by atoms with Crippen molar-refractivity contribution in [2.75, 3.05) is 20.3 Å². The van der Waals surface area contributed by atoms with Crippen LogP contribution in [0, 0.1) is 5.92 Å². The van der Waals surface area contributed by atoms with Crippen LogP contribution in [0.4, 0.5) is 4.79 Å². The number of hydrogen-bond donors (Lipinski definition) is 1. The first-order chi connectivity index (χ1) is 16.0. The van der Waals surface area contributed by atoms with E-state index < -0.39 is 12.0 Å². The summed E-state index contributed by atoms with van der Waals surface area (Å²) in [4.78, 5) is 32.1. The summed E-state index contributed by atoms with van der Waals surface area (Å²) in [7, 11) is 1.61. The summed E-state index contributed by atoms with van der Waals surface area (Å²) in [6, 6.07) is 9.66. The Balaban J connectivity index is 1.68. The Morgan fingerprint density at radius 1 is 1.30 bits per heavy atom. The molecule has 1 aromatic carbocycles. The minimum absolute atomic E-state index is 0.107. The summed E-state index contributed by atoms with van der Waals surface area (Å²) in [5.74, 6) is -0.550. The van der Waals surface area contributed by atoms with Gasteiger partial charge in [-0.2, -0.15) is 0 Å². The van der Waals surface area contributed by atoms with Crippen molar-refractivity contribution in [3.8, 4) is 0 Å². The summed E-state index contributed by atoms with van der Waals surface area (Å²) in [6.45, 7) is 4.97. The Morgan fingerprint density at radius 2 is 2.09 bits per heavy atom. The number of likely N-dealkylation sites (tertiary alicyclic amines) is 1. The highest BCUT2D eigenvalue weighted by Gasteiger charge is 2.40. The lowest BCUT2D eigenvalue weighted by Gasteiger charge is -2.33. The third kappa shape index (κ3) is 6.77. The first-order valence-electron chi connectivity index (χ1n) is 11.7. The Morgan fingerprint density at radius 3 is 2.76 bits per heavy atom. The third-order valence-corrected chi connectivity index (χ3v) is 7.05. The second-order valence-electron chi connectivity index (χ2n) is 8.48. The predicted molar refractivity (Wildman–Crippen MR) is 129 cm³/mol. The van der Waals surface area contributed by atoms with E-state index in [-0.39, 0.29) is 24.1 Å². The van der Waals surface area contributed by atoms with Gasteiger partial charge >= 0.3 is 6.09 Å². The van der Waals surface area contributed by atoms with Gasteiger partial charge in [-0.25, -0.2) is 9.78 Å². The average molecular weight is 474 g/mol. The van der Waals surface area contributed by atoms with Crippen LogP contribution in [0.3, 0.4) is 0 Å². The SMILES string of the molecule is CCCCOC(=O)N1CCC[C@H]1[C@H](OC)[C@@H](C)C(=O)N[C@@H](Cc1ccccc1)c1nccs1. The van der Waals surface area contributed by atoms with Crippen molar-refractivity contribution in [3.63, 3.8) is 0 Å². The van der Waals surface area contributed by atoms with Gasteiger partial charge in [0.25, 0.3) is 0 Å². The molecule has 1 N–H and O–H groups in total. The first-order valence-corrected chi connectivity index (χ1v) is 12.6. The lowest BCUT2D eigenvalue weighted by molar-refractivity contribution is -0.131. The van der Waals surface area contributed by atoms with Gasteiger partial charge in [-0.1, -0.05) is 50.6 Å². The molecule has 0 saturated carbocycles. The minimum atomic E-state index is -0.442. The van der Waals surface area contributed by atoms with Gasteiger partial charge in [0.15, 0.2) is 0 Å². The molecule has 1 aliphatic rings. The maximum absolute atomic E-state index is 13.3. The highest BCUT2D eigenvalue weighted by molar-refractivity contribution is 7.09. The Hall–Kier alpha value is -2.45. The van der Waals surface area contributed by atoms with Crippen LogP contribution in [-0.4, -0.2) is 54.3 Å². The molecule has 2 heterocycles. The number of amides is 2. The number of carbonyl (C=O) groups is 2. The molecule has 33 heavy (non-hydrogen) atoms. The Bertz CT molecular complexity index is 862. The zero-order valence-electron chi connectivity index (χ0n) is 19.7. The molecule has 2 aromatic rings. The Labute approximate surface area is 200 Å². The zero-order valence-corrected chi connectivity index (χ0v) is 20.6. The average Bonchev–Trinajstić information content (AvgIpc) is 3.53. The minimum Gasteiger partial charge on any atom is -0.449 e. The molecule has 4 atom stereocenters. The van der Waals surface area contributed by atoms with Gasteiger partial charge in [0, 0.05) is 25.2 Å². The van der Waals surface area contributed by atoms with Gasteiger partial charge in [-0.05, 0) is 31.2 Å². The van der Waals surface area contributed by atoms with Gasteiger partial charge < -0.3 is 19.7 Å². The molecule has 0 aliphatic carbocycles. The normalized spacial score (nSPS) is 18.5. The summed E-state index contributed by atoms with van der Waals surface area (Å²) >= 11 is 1.53. The number of unbranched alkanes of at least 4 members (excludes halogenated alkanes) is 1. The fourth-order valence-corrected chi connectivity index (χ4v) is 5.04. The quantitative estimate of drug-likeness (QED) is 0.483. The van der Waals surface area contributed by atoms with Crippen LogP contribution in [-0.2, 0) is 20.7 Å². The molecule has 1 saturated heterocycles. The molecule has 2 amide bonds. The third-order valence-electron chi connectivity index (χ3n) is 6.16. The second kappa shape index (κ2) is 12.7. The van der Waals surface area contributed by atoms with E-state index in [9.17, 15) is 9.59 Å². The fourth-order valence-electron chi connectivity index (χ4n) is 4.35. The summed E-state index contributed by atoms with van der Waals surface area (Å²) in [5.41, 5.74) is 1.13. The first kappa shape index (κ1) is 25.2. The smallest absolute Gasteiger partial charge is 0.410 e. The van der Waals surface area contributed by atoms with E-state index in [4.69, 9.17) is 9.47 Å². The molecule has 1 fully saturated rings. The van der Waals surface area contributed by atoms with Crippen molar-refractivity contribution in [3.05, 3.63) is 52.5 Å². The number of ether oxygens (including phenoxy) is 2. The van der Waals surface area contributed by atoms with Crippen molar-refractivity contribution < 1.29 is 19.1 Å². The number of benzene rings is 1. The Kier molecular flexibility index (Phi) is 9.69. The number of hydrogen-bond acceptors (Lipinski definition) is 6. The standard InChI is InChI=1S/C25H35N3O4S/c1-4-5-15-32-25(30)28-14-9-12-21(28)22(31-3)18(2)23(29)27-20(24-26-13-16-33-24)17-19-10-7-6-8-11-19/h6-8,10-11,13,16,18,20-22H,4-5,9,12,14-15,17H2,1-3H3,(H,27,29)/t18-,20+,21+,22-/m1/s1. The van der Waals surface area contributed by atoms with Crippen molar-refractivity contribution in [2.24, 2.45) is 5.92 Å². The van der Waals surface area contributed by atoms with Crippen LogP contribution in [0.15, 0.2) is 41.9 Å². The molecule has 180 valence electrons. The molecule has 8 heteroatoms. The molecule has 0 unspecified atom stereocenters. The van der Waals surface area contributed by atoms with E-state index in [1.165, 1.54) is 11.3 Å². The van der Waals surface area contributed by atoms with E-state index in [1.807, 2.05) is 30.5 Å². The molecule has 1 aliphatic heterocycles. The van der Waals surface area contributed by atoms with Gasteiger partial charge in [0.05, 0.1) is 30.7 Å². The largest absolute Gasteiger partial charge is 0.449 e. The summed E-state index contributed by atoms with van der Waals surface area (Å²) < 4.78 is 11.2. The number of carbonyl (C=O) groups excluding carboxylic acids is 2. The predicted octanol–water partition coefficient (Wildman–Crippen LogP) is 4.60. The number of nitrogens with one attached hydrogen (secondary N) is 1. The van der Waals surface area contributed by atoms with Crippen LogP contribution in [0.5, 0.6) is 0 Å². The van der Waals surface area contributed by atoms with Crippen LogP contribution < -0.4 is 5.32 Å². The fraction of sp³-hybridized carbons (Fsp3) is 0.560. The van der Waals surface area contributed by atoms with E-state index in [2.05, 4.69) is 29.4 Å². The number of thiazole rings is 1. The highest BCUT2D eigenvalue weighted by atomic mass is 32.1. The van der Waals surface area contributed by atoms with Crippen LogP contribution in [0.1, 0.15) is 56.1 Å². The maximum Gasteiger partial charge on any atom is 0.410 e. The molecule has 0 spiro atoms. The molecular weight excluding hydrogens is 438 g/mol. The monoisotopic (exact) mass is 473 g/mol. The number of aromatic nitrogens is 1. The van der Waals surface area contributed by atoms with Crippen LogP contribution >= 0.6 is 11.3 Å². The summed E-state index contributed by atoms with van der Waals surface area (Å²) in [5, 5.41) is 5.97. The maximum atomic E-state index is 13.3. The van der Waals surface area contributed by atoms with E-state index in [1.54, 1.807) is 18.2 Å². The molecular formula is C25H35N3O4S. The van der Waals surface area contributed by atoms with Gasteiger partial charge in [0.1, 0.15) is 5.01 Å². The summed E-state index contributed by atoms with van der Waals surface area (Å²) in [6.07, 6.45) is 5.16. The number of rotatable bonds is 11.